The Balaban J connectivity index is 2.29. The fourth-order valence-electron chi connectivity index (χ4n) is 2.93. The molecule has 3 atom stereocenters. The Labute approximate surface area is 173 Å². The number of hydrogen-bond donors (Lipinski definition) is 4. The SMILES string of the molecule is COc1ccc(C(C(C)C(=O)O)C(NC(=O)Nc2ccc(Cl)cc2)C(N)=O)cc1. The van der Waals surface area contributed by atoms with Gasteiger partial charge in [-0.15, -0.1) is 0 Å². The minimum atomic E-state index is -1.26. The second kappa shape index (κ2) is 9.79. The van der Waals surface area contributed by atoms with E-state index in [1.165, 1.54) is 14.0 Å². The van der Waals surface area contributed by atoms with Gasteiger partial charge in [-0.25, -0.2) is 4.79 Å². The lowest BCUT2D eigenvalue weighted by molar-refractivity contribution is -0.142. The summed E-state index contributed by atoms with van der Waals surface area (Å²) in [6.45, 7) is 1.45. The van der Waals surface area contributed by atoms with Gasteiger partial charge in [-0.1, -0.05) is 30.7 Å². The molecule has 0 aliphatic heterocycles. The summed E-state index contributed by atoms with van der Waals surface area (Å²) in [7, 11) is 1.50. The number of hydrogen-bond acceptors (Lipinski definition) is 4. The molecular weight excluding hydrogens is 398 g/mol. The highest BCUT2D eigenvalue weighted by atomic mass is 35.5. The van der Waals surface area contributed by atoms with E-state index in [-0.39, 0.29) is 0 Å². The number of benzene rings is 2. The van der Waals surface area contributed by atoms with Crippen molar-refractivity contribution < 1.29 is 24.2 Å². The molecule has 0 radical (unpaired) electrons. The Morgan fingerprint density at radius 1 is 1.07 bits per heavy atom. The molecule has 0 aliphatic carbocycles. The number of nitrogens with one attached hydrogen (secondary N) is 2. The molecule has 0 fully saturated rings. The van der Waals surface area contributed by atoms with Crippen LogP contribution < -0.4 is 21.1 Å². The fraction of sp³-hybridized carbons (Fsp3) is 0.250. The number of amides is 3. The van der Waals surface area contributed by atoms with Gasteiger partial charge in [-0.2, -0.15) is 0 Å². The predicted molar refractivity (Wildman–Crippen MR) is 109 cm³/mol. The van der Waals surface area contributed by atoms with Crippen LogP contribution in [0.4, 0.5) is 10.5 Å². The van der Waals surface area contributed by atoms with Gasteiger partial charge in [-0.3, -0.25) is 9.59 Å². The molecule has 2 aromatic carbocycles. The molecule has 0 aromatic heterocycles. The zero-order chi connectivity index (χ0) is 21.6. The van der Waals surface area contributed by atoms with Crippen molar-refractivity contribution >= 4 is 35.2 Å². The van der Waals surface area contributed by atoms with E-state index in [1.807, 2.05) is 0 Å². The fourth-order valence-corrected chi connectivity index (χ4v) is 3.06. The molecule has 2 rings (SSSR count). The summed E-state index contributed by atoms with van der Waals surface area (Å²) in [6, 6.07) is 10.9. The van der Waals surface area contributed by atoms with E-state index in [1.54, 1.807) is 48.5 Å². The number of anilines is 1. The number of carbonyl (C=O) groups excluding carboxylic acids is 2. The van der Waals surface area contributed by atoms with Gasteiger partial charge in [0.1, 0.15) is 11.8 Å². The first kappa shape index (κ1) is 22.0. The molecule has 8 nitrogen and oxygen atoms in total. The number of urea groups is 1. The van der Waals surface area contributed by atoms with Crippen LogP contribution in [0.1, 0.15) is 18.4 Å². The first-order valence-electron chi connectivity index (χ1n) is 8.72. The normalized spacial score (nSPS) is 13.6. The van der Waals surface area contributed by atoms with Gasteiger partial charge in [0.2, 0.25) is 5.91 Å². The molecular formula is C20H22ClN3O5. The number of methoxy groups -OCH3 is 1. The van der Waals surface area contributed by atoms with Crippen LogP contribution >= 0.6 is 11.6 Å². The number of ether oxygens (including phenoxy) is 1. The number of nitrogens with two attached hydrogens (primary N) is 1. The Morgan fingerprint density at radius 2 is 1.66 bits per heavy atom. The third-order valence-electron chi connectivity index (χ3n) is 4.48. The van der Waals surface area contributed by atoms with Crippen LogP contribution in [0, 0.1) is 5.92 Å². The van der Waals surface area contributed by atoms with Crippen LogP contribution in [0.25, 0.3) is 0 Å². The van der Waals surface area contributed by atoms with Gasteiger partial charge in [0.25, 0.3) is 0 Å². The van der Waals surface area contributed by atoms with Crippen LogP contribution in [0.3, 0.4) is 0 Å². The van der Waals surface area contributed by atoms with E-state index in [0.717, 1.165) is 0 Å². The van der Waals surface area contributed by atoms with Crippen molar-refractivity contribution in [1.29, 1.82) is 0 Å². The molecule has 0 spiro atoms. The smallest absolute Gasteiger partial charge is 0.319 e. The molecule has 0 saturated carbocycles. The first-order valence-corrected chi connectivity index (χ1v) is 9.10. The van der Waals surface area contributed by atoms with Crippen LogP contribution in [0.15, 0.2) is 48.5 Å². The highest BCUT2D eigenvalue weighted by Gasteiger charge is 2.37. The minimum absolute atomic E-state index is 0.447. The lowest BCUT2D eigenvalue weighted by atomic mass is 9.81. The van der Waals surface area contributed by atoms with Gasteiger partial charge in [0.05, 0.1) is 13.0 Å². The van der Waals surface area contributed by atoms with Crippen LogP contribution in [0.5, 0.6) is 5.75 Å². The van der Waals surface area contributed by atoms with E-state index in [0.29, 0.717) is 22.0 Å². The Hall–Kier alpha value is -3.26. The first-order chi connectivity index (χ1) is 13.7. The maximum atomic E-state index is 12.4. The number of carbonyl (C=O) groups is 3. The van der Waals surface area contributed by atoms with Crippen LogP contribution in [0.2, 0.25) is 5.02 Å². The Morgan fingerprint density at radius 3 is 2.14 bits per heavy atom. The summed E-state index contributed by atoms with van der Waals surface area (Å²) in [6.07, 6.45) is 0. The Kier molecular flexibility index (Phi) is 7.44. The molecule has 0 heterocycles. The number of halogens is 1. The van der Waals surface area contributed by atoms with E-state index < -0.39 is 35.8 Å². The lowest BCUT2D eigenvalue weighted by Gasteiger charge is -2.29. The standard InChI is InChI=1S/C20H22ClN3O5/c1-11(19(26)27)16(12-3-9-15(29-2)10-4-12)17(18(22)25)24-20(28)23-14-7-5-13(21)6-8-14/h3-11,16-17H,1-2H3,(H2,22,25)(H,26,27)(H2,23,24,28). The van der Waals surface area contributed by atoms with Crippen molar-refractivity contribution in [2.24, 2.45) is 11.7 Å². The number of primary amides is 1. The summed E-state index contributed by atoms with van der Waals surface area (Å²) in [5, 5.41) is 15.1. The van der Waals surface area contributed by atoms with Crippen molar-refractivity contribution in [2.75, 3.05) is 12.4 Å². The predicted octanol–water partition coefficient (Wildman–Crippen LogP) is 2.83. The monoisotopic (exact) mass is 419 g/mol. The Bertz CT molecular complexity index is 871. The van der Waals surface area contributed by atoms with E-state index in [4.69, 9.17) is 22.1 Å². The average molecular weight is 420 g/mol. The molecule has 3 amide bonds. The van der Waals surface area contributed by atoms with Crippen molar-refractivity contribution in [1.82, 2.24) is 5.32 Å². The molecule has 154 valence electrons. The molecule has 9 heteroatoms. The number of rotatable bonds is 8. The zero-order valence-corrected chi connectivity index (χ0v) is 16.6. The maximum absolute atomic E-state index is 12.4. The second-order valence-electron chi connectivity index (χ2n) is 6.41. The molecule has 0 saturated heterocycles. The number of carboxylic acid groups (broad SMARTS) is 1. The lowest BCUT2D eigenvalue weighted by Crippen LogP contribution is -2.51. The summed E-state index contributed by atoms with van der Waals surface area (Å²) in [5.74, 6) is -3.31. The zero-order valence-electron chi connectivity index (χ0n) is 15.9. The van der Waals surface area contributed by atoms with E-state index in [2.05, 4.69) is 10.6 Å². The largest absolute Gasteiger partial charge is 0.497 e. The molecule has 3 unspecified atom stereocenters. The van der Waals surface area contributed by atoms with Crippen molar-refractivity contribution in [3.05, 3.63) is 59.1 Å². The second-order valence-corrected chi connectivity index (χ2v) is 6.85. The van der Waals surface area contributed by atoms with Crippen LogP contribution in [-0.2, 0) is 9.59 Å². The maximum Gasteiger partial charge on any atom is 0.319 e. The minimum Gasteiger partial charge on any atom is -0.497 e. The highest BCUT2D eigenvalue weighted by Crippen LogP contribution is 2.30. The highest BCUT2D eigenvalue weighted by molar-refractivity contribution is 6.30. The van der Waals surface area contributed by atoms with Gasteiger partial charge in [-0.05, 0) is 42.0 Å². The number of carboxylic acids is 1. The van der Waals surface area contributed by atoms with E-state index >= 15 is 0 Å². The molecule has 0 aliphatic rings. The number of aliphatic carboxylic acids is 1. The van der Waals surface area contributed by atoms with Gasteiger partial charge in [0.15, 0.2) is 0 Å². The van der Waals surface area contributed by atoms with Crippen molar-refractivity contribution in [3.8, 4) is 5.75 Å². The summed E-state index contributed by atoms with van der Waals surface area (Å²) < 4.78 is 5.11. The third-order valence-corrected chi connectivity index (χ3v) is 4.74. The van der Waals surface area contributed by atoms with Gasteiger partial charge in [0, 0.05) is 16.6 Å². The molecule has 0 bridgehead atoms. The summed E-state index contributed by atoms with van der Waals surface area (Å²) in [5.41, 5.74) is 6.49. The van der Waals surface area contributed by atoms with Gasteiger partial charge >= 0.3 is 12.0 Å². The molecule has 2 aromatic rings. The average Bonchev–Trinajstić information content (AvgIpc) is 2.69. The van der Waals surface area contributed by atoms with Crippen LogP contribution in [-0.4, -0.2) is 36.2 Å². The van der Waals surface area contributed by atoms with Crippen molar-refractivity contribution in [2.45, 2.75) is 18.9 Å². The quantitative estimate of drug-likeness (QED) is 0.522. The van der Waals surface area contributed by atoms with Gasteiger partial charge < -0.3 is 26.2 Å². The topological polar surface area (TPSA) is 131 Å². The third kappa shape index (κ3) is 5.86. The summed E-state index contributed by atoms with van der Waals surface area (Å²) in [4.78, 5) is 36.2. The van der Waals surface area contributed by atoms with E-state index in [9.17, 15) is 19.5 Å². The summed E-state index contributed by atoms with van der Waals surface area (Å²) >= 11 is 5.82. The molecule has 5 N–H and O–H groups in total. The molecule has 29 heavy (non-hydrogen) atoms. The van der Waals surface area contributed by atoms with Crippen molar-refractivity contribution in [3.63, 3.8) is 0 Å².